The summed E-state index contributed by atoms with van der Waals surface area (Å²) in [5, 5.41) is 0. The number of thioether (sulfide) groups is 1. The van der Waals surface area contributed by atoms with Gasteiger partial charge in [-0.25, -0.2) is 0 Å². The van der Waals surface area contributed by atoms with Gasteiger partial charge < -0.3 is 14.7 Å². The zero-order valence-electron chi connectivity index (χ0n) is 18.1. The van der Waals surface area contributed by atoms with Gasteiger partial charge in [-0.15, -0.1) is 0 Å². The smallest absolute Gasteiger partial charge is 0.159 e. The van der Waals surface area contributed by atoms with E-state index < -0.39 is 0 Å². The number of benzene rings is 2. The standard InChI is InChI=1S/C25H33N3S/c1-5-26(6-2)15-10-16-27-23(21-12-9-11-20(17-21)19(3)4)18-28-22-13-7-8-14-24(22)29-25(27)28/h7-9,11-14,17-19,25H,5-6,10,15-16H2,1-4H3. The number of nitrogens with zero attached hydrogens (tertiary/aromatic N) is 3. The fourth-order valence-corrected chi connectivity index (χ4v) is 5.58. The first-order chi connectivity index (χ1) is 14.1. The molecule has 0 N–H and O–H groups in total. The van der Waals surface area contributed by atoms with Crippen LogP contribution in [0.15, 0.2) is 59.6 Å². The van der Waals surface area contributed by atoms with Crippen LogP contribution in [-0.2, 0) is 0 Å². The zero-order chi connectivity index (χ0) is 20.4. The van der Waals surface area contributed by atoms with Crippen molar-refractivity contribution in [2.45, 2.75) is 50.4 Å². The number of rotatable bonds is 8. The Labute approximate surface area is 180 Å². The molecule has 0 bridgehead atoms. The SMILES string of the molecule is CCN(CC)CCCN1C(c2cccc(C(C)C)c2)=CN2c3ccccc3SC12. The molecule has 2 aliphatic heterocycles. The number of anilines is 1. The summed E-state index contributed by atoms with van der Waals surface area (Å²) in [5.41, 5.74) is 5.78. The highest BCUT2D eigenvalue weighted by molar-refractivity contribution is 8.00. The van der Waals surface area contributed by atoms with E-state index in [9.17, 15) is 0 Å². The second kappa shape index (κ2) is 8.85. The number of para-hydroxylation sites is 1. The highest BCUT2D eigenvalue weighted by Gasteiger charge is 2.39. The van der Waals surface area contributed by atoms with Crippen molar-refractivity contribution in [3.8, 4) is 0 Å². The van der Waals surface area contributed by atoms with E-state index in [0.29, 0.717) is 11.4 Å². The van der Waals surface area contributed by atoms with Crippen LogP contribution >= 0.6 is 11.8 Å². The highest BCUT2D eigenvalue weighted by atomic mass is 32.2. The summed E-state index contributed by atoms with van der Waals surface area (Å²) >= 11 is 1.98. The van der Waals surface area contributed by atoms with Crippen molar-refractivity contribution in [2.75, 3.05) is 31.1 Å². The van der Waals surface area contributed by atoms with Crippen molar-refractivity contribution in [1.82, 2.24) is 9.80 Å². The molecule has 1 unspecified atom stereocenters. The highest BCUT2D eigenvalue weighted by Crippen LogP contribution is 2.50. The Bertz CT molecular complexity index is 872. The van der Waals surface area contributed by atoms with Gasteiger partial charge in [0.1, 0.15) is 0 Å². The van der Waals surface area contributed by atoms with E-state index in [-0.39, 0.29) is 0 Å². The number of fused-ring (bicyclic) bond motifs is 3. The van der Waals surface area contributed by atoms with Gasteiger partial charge in [-0.2, -0.15) is 0 Å². The Morgan fingerprint density at radius 1 is 1.03 bits per heavy atom. The molecule has 29 heavy (non-hydrogen) atoms. The first-order valence-electron chi connectivity index (χ1n) is 11.0. The van der Waals surface area contributed by atoms with Crippen LogP contribution in [-0.4, -0.2) is 41.5 Å². The van der Waals surface area contributed by atoms with Crippen LogP contribution in [0.1, 0.15) is 51.2 Å². The Morgan fingerprint density at radius 3 is 2.59 bits per heavy atom. The van der Waals surface area contributed by atoms with Crippen molar-refractivity contribution in [3.63, 3.8) is 0 Å². The van der Waals surface area contributed by atoms with Crippen LogP contribution in [0.5, 0.6) is 0 Å². The fraction of sp³-hybridized carbons (Fsp3) is 0.440. The van der Waals surface area contributed by atoms with E-state index >= 15 is 0 Å². The minimum Gasteiger partial charge on any atom is -0.340 e. The van der Waals surface area contributed by atoms with Gasteiger partial charge in [0, 0.05) is 17.6 Å². The normalized spacial score (nSPS) is 17.9. The van der Waals surface area contributed by atoms with Crippen LogP contribution in [0.3, 0.4) is 0 Å². The van der Waals surface area contributed by atoms with E-state index in [2.05, 4.69) is 97.1 Å². The van der Waals surface area contributed by atoms with E-state index in [0.717, 1.165) is 26.2 Å². The first kappa shape index (κ1) is 20.4. The molecule has 154 valence electrons. The van der Waals surface area contributed by atoms with E-state index in [1.165, 1.54) is 33.8 Å². The van der Waals surface area contributed by atoms with E-state index in [1.54, 1.807) is 0 Å². The summed E-state index contributed by atoms with van der Waals surface area (Å²) in [6.07, 6.45) is 3.56. The largest absolute Gasteiger partial charge is 0.340 e. The Morgan fingerprint density at radius 2 is 1.83 bits per heavy atom. The van der Waals surface area contributed by atoms with Crippen LogP contribution in [0.4, 0.5) is 5.69 Å². The maximum atomic E-state index is 2.62. The average Bonchev–Trinajstić information content (AvgIpc) is 3.28. The van der Waals surface area contributed by atoms with Gasteiger partial charge in [0.25, 0.3) is 0 Å². The van der Waals surface area contributed by atoms with Crippen molar-refractivity contribution < 1.29 is 0 Å². The van der Waals surface area contributed by atoms with Gasteiger partial charge >= 0.3 is 0 Å². The Kier molecular flexibility index (Phi) is 6.21. The molecule has 2 aromatic rings. The first-order valence-corrected chi connectivity index (χ1v) is 11.9. The summed E-state index contributed by atoms with van der Waals surface area (Å²) in [5.74, 6) is 0.544. The van der Waals surface area contributed by atoms with Crippen LogP contribution in [0, 0.1) is 0 Å². The molecular weight excluding hydrogens is 374 g/mol. The lowest BCUT2D eigenvalue weighted by Crippen LogP contribution is -2.36. The quantitative estimate of drug-likeness (QED) is 0.526. The predicted octanol–water partition coefficient (Wildman–Crippen LogP) is 6.05. The molecule has 0 saturated carbocycles. The molecule has 0 spiro atoms. The molecule has 0 fully saturated rings. The van der Waals surface area contributed by atoms with Gasteiger partial charge in [0.2, 0.25) is 0 Å². The molecule has 4 rings (SSSR count). The molecule has 0 radical (unpaired) electrons. The number of hydrogen-bond acceptors (Lipinski definition) is 4. The lowest BCUT2D eigenvalue weighted by molar-refractivity contribution is 0.278. The molecule has 2 aliphatic rings. The monoisotopic (exact) mass is 407 g/mol. The maximum Gasteiger partial charge on any atom is 0.159 e. The predicted molar refractivity (Wildman–Crippen MR) is 126 cm³/mol. The lowest BCUT2D eigenvalue weighted by atomic mass is 9.99. The van der Waals surface area contributed by atoms with Crippen LogP contribution in [0.25, 0.3) is 5.70 Å². The van der Waals surface area contributed by atoms with Gasteiger partial charge in [-0.3, -0.25) is 0 Å². The van der Waals surface area contributed by atoms with Gasteiger partial charge in [0.15, 0.2) is 5.50 Å². The molecule has 0 saturated heterocycles. The molecular formula is C25H33N3S. The maximum absolute atomic E-state index is 2.62. The third-order valence-electron chi connectivity index (χ3n) is 6.07. The average molecular weight is 408 g/mol. The minimum absolute atomic E-state index is 0.335. The molecule has 2 heterocycles. The lowest BCUT2D eigenvalue weighted by Gasteiger charge is -2.30. The van der Waals surface area contributed by atoms with Crippen molar-refractivity contribution in [2.24, 2.45) is 0 Å². The second-order valence-corrected chi connectivity index (χ2v) is 9.28. The van der Waals surface area contributed by atoms with Crippen molar-refractivity contribution >= 4 is 23.1 Å². The second-order valence-electron chi connectivity index (χ2n) is 8.19. The summed E-state index contributed by atoms with van der Waals surface area (Å²) in [6.45, 7) is 13.6. The molecule has 0 aliphatic carbocycles. The van der Waals surface area contributed by atoms with E-state index in [1.807, 2.05) is 11.8 Å². The topological polar surface area (TPSA) is 9.72 Å². The summed E-state index contributed by atoms with van der Waals surface area (Å²) in [7, 11) is 0. The van der Waals surface area contributed by atoms with Crippen molar-refractivity contribution in [3.05, 3.63) is 65.9 Å². The van der Waals surface area contributed by atoms with Gasteiger partial charge in [-0.1, -0.05) is 69.8 Å². The molecule has 3 nitrogen and oxygen atoms in total. The molecule has 1 atom stereocenters. The summed E-state index contributed by atoms with van der Waals surface area (Å²) < 4.78 is 0. The summed E-state index contributed by atoms with van der Waals surface area (Å²) in [4.78, 5) is 8.99. The fourth-order valence-electron chi connectivity index (χ4n) is 4.26. The van der Waals surface area contributed by atoms with Gasteiger partial charge in [0.05, 0.1) is 11.4 Å². The van der Waals surface area contributed by atoms with E-state index in [4.69, 9.17) is 0 Å². The van der Waals surface area contributed by atoms with Crippen molar-refractivity contribution in [1.29, 1.82) is 0 Å². The Balaban J connectivity index is 1.62. The summed E-state index contributed by atoms with van der Waals surface area (Å²) in [6, 6.07) is 17.9. The zero-order valence-corrected chi connectivity index (χ0v) is 19.0. The number of hydrogen-bond donors (Lipinski definition) is 0. The minimum atomic E-state index is 0.335. The third-order valence-corrected chi connectivity index (χ3v) is 7.36. The Hall–Kier alpha value is -1.91. The third kappa shape index (κ3) is 4.06. The molecule has 2 aromatic carbocycles. The molecule has 0 amide bonds. The molecule has 4 heteroatoms. The molecule has 0 aromatic heterocycles. The van der Waals surface area contributed by atoms with Crippen LogP contribution in [0.2, 0.25) is 0 Å². The van der Waals surface area contributed by atoms with Crippen LogP contribution < -0.4 is 4.90 Å². The van der Waals surface area contributed by atoms with Gasteiger partial charge in [-0.05, 0) is 61.3 Å².